The second kappa shape index (κ2) is 77.0. The maximum Gasteiger partial charge on any atom is 0.303 e. The van der Waals surface area contributed by atoms with Crippen molar-refractivity contribution in [1.29, 1.82) is 0 Å². The summed E-state index contributed by atoms with van der Waals surface area (Å²) in [5.74, 6) is -1.61. The van der Waals surface area contributed by atoms with Crippen molar-refractivity contribution >= 4 is 23.8 Å². The third-order valence-corrected chi connectivity index (χ3v) is 18.1. The minimum absolute atomic E-state index is 0.152. The Morgan fingerprint density at radius 2 is 0.214 bits per heavy atom. The van der Waals surface area contributed by atoms with E-state index < -0.39 is 11.9 Å². The van der Waals surface area contributed by atoms with Crippen LogP contribution in [0.3, 0.4) is 0 Å². The van der Waals surface area contributed by atoms with Crippen molar-refractivity contribution in [1.82, 2.24) is 0 Å². The molecule has 2 amide bonds. The monoisotopic (exact) mass is 1190 g/mol. The van der Waals surface area contributed by atoms with Gasteiger partial charge in [-0.2, -0.15) is 0 Å². The lowest BCUT2D eigenvalue weighted by Gasteiger charge is -2.05. The fraction of sp³-hybridized carbons (Fsp3) is 0.947. The van der Waals surface area contributed by atoms with Crippen LogP contribution in [0.1, 0.15) is 462 Å². The Morgan fingerprint density at radius 1 is 0.143 bits per heavy atom. The minimum Gasteiger partial charge on any atom is -0.481 e. The molecule has 0 rings (SSSR count). The molecular formula is C76H150N2O6. The standard InChI is InChI=1S/C38H76N2O2.C38H74O4/c39-37(41)35-33-31-29-27-25-23-21-19-17-15-13-11-9-7-5-3-1-2-4-6-8-10-12-14-16-18-20-22-24-26-28-30-32-34-36-38(40)42;39-37(40)35-33-31-29-27-25-23-21-19-17-15-13-11-9-7-5-3-1-2-4-6-8-10-12-14-16-18-20-22-24-26-28-30-32-34-36-38(41)42/h1-36H2,(H2,39,41)(H2,40,42);1-36H2,(H,39,40)(H,41,42). The van der Waals surface area contributed by atoms with Crippen LogP contribution >= 0.6 is 0 Å². The van der Waals surface area contributed by atoms with Crippen LogP contribution in [-0.2, 0) is 19.2 Å². The lowest BCUT2D eigenvalue weighted by Crippen LogP contribution is -2.09. The molecule has 0 fully saturated rings. The molecule has 0 heterocycles. The van der Waals surface area contributed by atoms with Crippen molar-refractivity contribution in [2.45, 2.75) is 462 Å². The smallest absolute Gasteiger partial charge is 0.303 e. The summed E-state index contributed by atoms with van der Waals surface area (Å²) in [6, 6.07) is 0. The predicted octanol–water partition coefficient (Wildman–Crippen LogP) is 25.2. The van der Waals surface area contributed by atoms with Crippen molar-refractivity contribution in [3.8, 4) is 0 Å². The van der Waals surface area contributed by atoms with Crippen molar-refractivity contribution in [2.24, 2.45) is 11.5 Å². The van der Waals surface area contributed by atoms with Gasteiger partial charge in [-0.25, -0.2) is 0 Å². The zero-order valence-electron chi connectivity index (χ0n) is 56.6. The third-order valence-electron chi connectivity index (χ3n) is 18.1. The second-order valence-electron chi connectivity index (χ2n) is 26.8. The molecule has 0 aromatic heterocycles. The number of primary amides is 2. The fourth-order valence-electron chi connectivity index (χ4n) is 12.5. The van der Waals surface area contributed by atoms with Gasteiger partial charge in [0.15, 0.2) is 0 Å². The van der Waals surface area contributed by atoms with Gasteiger partial charge in [-0.05, 0) is 25.7 Å². The maximum atomic E-state index is 10.7. The number of unbranched alkanes of at least 4 members (excludes halogenated alkanes) is 66. The van der Waals surface area contributed by atoms with E-state index in [2.05, 4.69) is 0 Å². The third kappa shape index (κ3) is 86.3. The van der Waals surface area contributed by atoms with Gasteiger partial charge in [-0.15, -0.1) is 0 Å². The number of aliphatic carboxylic acids is 2. The molecular weight excluding hydrogens is 1040 g/mol. The normalized spacial score (nSPS) is 11.3. The molecule has 0 radical (unpaired) electrons. The Labute approximate surface area is 524 Å². The Hall–Kier alpha value is -2.12. The largest absolute Gasteiger partial charge is 0.481 e. The molecule has 0 aromatic rings. The van der Waals surface area contributed by atoms with Gasteiger partial charge in [0.25, 0.3) is 0 Å². The molecule has 0 spiro atoms. The Morgan fingerprint density at radius 3 is 0.286 bits per heavy atom. The van der Waals surface area contributed by atoms with Crippen LogP contribution in [0.2, 0.25) is 0 Å². The molecule has 0 bridgehead atoms. The summed E-state index contributed by atoms with van der Waals surface area (Å²) in [6.07, 6.45) is 94.3. The van der Waals surface area contributed by atoms with E-state index in [0.717, 1.165) is 51.4 Å². The van der Waals surface area contributed by atoms with E-state index in [4.69, 9.17) is 21.7 Å². The molecule has 8 heteroatoms. The minimum atomic E-state index is -0.653. The van der Waals surface area contributed by atoms with Crippen LogP contribution in [0.15, 0.2) is 0 Å². The van der Waals surface area contributed by atoms with Crippen LogP contribution in [-0.4, -0.2) is 34.0 Å². The highest BCUT2D eigenvalue weighted by Gasteiger charge is 2.03. The van der Waals surface area contributed by atoms with Gasteiger partial charge in [-0.1, -0.05) is 411 Å². The van der Waals surface area contributed by atoms with E-state index in [9.17, 15) is 19.2 Å². The van der Waals surface area contributed by atoms with E-state index in [-0.39, 0.29) is 11.8 Å². The summed E-state index contributed by atoms with van der Waals surface area (Å²) >= 11 is 0. The van der Waals surface area contributed by atoms with Crippen molar-refractivity contribution in [2.75, 3.05) is 0 Å². The number of amides is 2. The molecule has 0 unspecified atom stereocenters. The molecule has 0 saturated heterocycles. The first-order chi connectivity index (χ1) is 41.3. The topological polar surface area (TPSA) is 161 Å². The number of carboxylic acid groups (broad SMARTS) is 2. The zero-order valence-corrected chi connectivity index (χ0v) is 56.6. The molecule has 84 heavy (non-hydrogen) atoms. The number of carboxylic acids is 2. The Balaban J connectivity index is 0. The number of nitrogens with two attached hydrogens (primary N) is 2. The quantitative estimate of drug-likeness (QED) is 0.0444. The summed E-state index contributed by atoms with van der Waals surface area (Å²) in [5, 5.41) is 17.3. The molecule has 6 N–H and O–H groups in total. The first-order valence-corrected chi connectivity index (χ1v) is 38.3. The van der Waals surface area contributed by atoms with E-state index in [1.54, 1.807) is 0 Å². The molecule has 0 atom stereocenters. The van der Waals surface area contributed by atoms with Crippen LogP contribution in [0.5, 0.6) is 0 Å². The molecule has 500 valence electrons. The van der Waals surface area contributed by atoms with Crippen LogP contribution in [0.25, 0.3) is 0 Å². The summed E-state index contributed by atoms with van der Waals surface area (Å²) in [7, 11) is 0. The summed E-state index contributed by atoms with van der Waals surface area (Å²) in [4.78, 5) is 42.4. The van der Waals surface area contributed by atoms with E-state index in [0.29, 0.717) is 25.7 Å². The average molecular weight is 1190 g/mol. The lowest BCUT2D eigenvalue weighted by molar-refractivity contribution is -0.138. The highest BCUT2D eigenvalue weighted by Crippen LogP contribution is 2.21. The van der Waals surface area contributed by atoms with Gasteiger partial charge in [0, 0.05) is 25.7 Å². The molecule has 8 nitrogen and oxygen atoms in total. The Kier molecular flexibility index (Phi) is 76.9. The molecule has 0 aromatic carbocycles. The summed E-state index contributed by atoms with van der Waals surface area (Å²) in [5.41, 5.74) is 10.3. The van der Waals surface area contributed by atoms with Gasteiger partial charge in [0.2, 0.25) is 11.8 Å². The SMILES string of the molecule is NC(=O)CCCCCCCCCCCCCCCCCCCCCCCCCCCCCCCCCCCCC(N)=O.O=C(O)CCCCCCCCCCCCCCCCCCCCCCCCCCCCCCCCCCCCC(=O)O. The first-order valence-electron chi connectivity index (χ1n) is 38.3. The lowest BCUT2D eigenvalue weighted by atomic mass is 10.0. The number of carbonyl (C=O) groups excluding carboxylic acids is 2. The van der Waals surface area contributed by atoms with Gasteiger partial charge in [-0.3, -0.25) is 19.2 Å². The number of hydrogen-bond acceptors (Lipinski definition) is 4. The van der Waals surface area contributed by atoms with Gasteiger partial charge in [0.1, 0.15) is 0 Å². The van der Waals surface area contributed by atoms with Crippen molar-refractivity contribution in [3.63, 3.8) is 0 Å². The number of hydrogen-bond donors (Lipinski definition) is 4. The Bertz CT molecular complexity index is 1100. The highest BCUT2D eigenvalue weighted by molar-refractivity contribution is 5.73. The first kappa shape index (κ1) is 83.9. The second-order valence-corrected chi connectivity index (χ2v) is 26.8. The van der Waals surface area contributed by atoms with Crippen LogP contribution in [0, 0.1) is 0 Å². The zero-order chi connectivity index (χ0) is 61.2. The number of carbonyl (C=O) groups is 4. The highest BCUT2D eigenvalue weighted by atomic mass is 16.4. The van der Waals surface area contributed by atoms with Crippen LogP contribution in [0.4, 0.5) is 0 Å². The van der Waals surface area contributed by atoms with Gasteiger partial charge >= 0.3 is 11.9 Å². The summed E-state index contributed by atoms with van der Waals surface area (Å²) in [6.45, 7) is 0. The molecule has 0 aliphatic carbocycles. The van der Waals surface area contributed by atoms with Crippen LogP contribution < -0.4 is 11.5 Å². The van der Waals surface area contributed by atoms with Crippen molar-refractivity contribution < 1.29 is 29.4 Å². The molecule has 0 aliphatic rings. The van der Waals surface area contributed by atoms with E-state index in [1.807, 2.05) is 0 Å². The predicted molar refractivity (Wildman–Crippen MR) is 366 cm³/mol. The van der Waals surface area contributed by atoms with Gasteiger partial charge < -0.3 is 21.7 Å². The van der Waals surface area contributed by atoms with Gasteiger partial charge in [0.05, 0.1) is 0 Å². The van der Waals surface area contributed by atoms with E-state index in [1.165, 1.54) is 385 Å². The average Bonchev–Trinajstić information content (AvgIpc) is 3.46. The summed E-state index contributed by atoms with van der Waals surface area (Å²) < 4.78 is 0. The molecule has 0 aliphatic heterocycles. The molecule has 0 saturated carbocycles. The number of rotatable bonds is 74. The maximum absolute atomic E-state index is 10.7. The fourth-order valence-corrected chi connectivity index (χ4v) is 12.5. The van der Waals surface area contributed by atoms with Crippen molar-refractivity contribution in [3.05, 3.63) is 0 Å². The van der Waals surface area contributed by atoms with E-state index >= 15 is 0 Å².